The molecule has 0 aliphatic carbocycles. The summed E-state index contributed by atoms with van der Waals surface area (Å²) >= 11 is 0. The number of aromatic carboxylic acids is 3. The van der Waals surface area contributed by atoms with Crippen LogP contribution < -0.4 is 14.2 Å². The summed E-state index contributed by atoms with van der Waals surface area (Å²) in [5.41, 5.74) is 0.125. The Morgan fingerprint density at radius 3 is 0.913 bits per heavy atom. The maximum absolute atomic E-state index is 14.1. The van der Waals surface area contributed by atoms with E-state index in [1.165, 1.54) is 72.8 Å². The lowest BCUT2D eigenvalue weighted by atomic mass is 10.1. The quantitative estimate of drug-likeness (QED) is 0.0276. The van der Waals surface area contributed by atoms with Crippen molar-refractivity contribution in [1.82, 2.24) is 0 Å². The lowest BCUT2D eigenvalue weighted by Crippen LogP contribution is -2.40. The van der Waals surface area contributed by atoms with Gasteiger partial charge in [0.2, 0.25) is 0 Å². The third-order valence-corrected chi connectivity index (χ3v) is 11.5. The van der Waals surface area contributed by atoms with Crippen molar-refractivity contribution < 1.29 is 72.5 Å². The first-order valence-electron chi connectivity index (χ1n) is 24.9. The summed E-state index contributed by atoms with van der Waals surface area (Å²) in [5.74, 6) is -4.97. The smallest absolute Gasteiger partial charge is 0.347 e. The summed E-state index contributed by atoms with van der Waals surface area (Å²) in [6, 6.07) is 16.9. The zero-order valence-corrected chi connectivity index (χ0v) is 40.7. The molecule has 3 aromatic rings. The van der Waals surface area contributed by atoms with Crippen LogP contribution in [0.2, 0.25) is 0 Å². The highest BCUT2D eigenvalue weighted by molar-refractivity contribution is 5.88. The van der Waals surface area contributed by atoms with Gasteiger partial charge in [0, 0.05) is 0 Å². The average molecular weight is 963 g/mol. The number of carbonyl (C=O) groups is 6. The van der Waals surface area contributed by atoms with E-state index < -0.39 is 73.4 Å². The maximum Gasteiger partial charge on any atom is 0.347 e. The monoisotopic (exact) mass is 963 g/mol. The van der Waals surface area contributed by atoms with Gasteiger partial charge in [-0.2, -0.15) is 0 Å². The molecule has 0 bridgehead atoms. The highest BCUT2D eigenvalue weighted by Crippen LogP contribution is 2.23. The van der Waals surface area contributed by atoms with E-state index in [2.05, 4.69) is 20.8 Å². The van der Waals surface area contributed by atoms with Crippen molar-refractivity contribution in [2.75, 3.05) is 13.2 Å². The Morgan fingerprint density at radius 1 is 0.377 bits per heavy atom. The molecule has 15 heteroatoms. The van der Waals surface area contributed by atoms with Gasteiger partial charge in [0.15, 0.2) is 24.4 Å². The fourth-order valence-corrected chi connectivity index (χ4v) is 7.42. The molecule has 3 unspecified atom stereocenters. The Balaban J connectivity index is 1.89. The molecule has 0 saturated heterocycles. The van der Waals surface area contributed by atoms with Crippen LogP contribution in [0.3, 0.4) is 0 Å². The van der Waals surface area contributed by atoms with Gasteiger partial charge in [0.1, 0.15) is 30.5 Å². The fraction of sp³-hybridized carbons (Fsp3) is 0.556. The van der Waals surface area contributed by atoms with Gasteiger partial charge >= 0.3 is 35.8 Å². The molecular formula is C54H74O15. The highest BCUT2D eigenvalue weighted by Gasteiger charge is 2.31. The predicted molar refractivity (Wildman–Crippen MR) is 259 cm³/mol. The summed E-state index contributed by atoms with van der Waals surface area (Å²) in [5, 5.41) is 28.2. The first-order chi connectivity index (χ1) is 33.3. The summed E-state index contributed by atoms with van der Waals surface area (Å²) in [6.07, 6.45) is 13.0. The number of carboxylic acid groups (broad SMARTS) is 3. The Kier molecular flexibility index (Phi) is 27.7. The van der Waals surface area contributed by atoms with E-state index in [1.807, 2.05) is 0 Å². The van der Waals surface area contributed by atoms with E-state index in [0.29, 0.717) is 19.3 Å². The molecule has 3 atom stereocenters. The molecule has 0 spiro atoms. The summed E-state index contributed by atoms with van der Waals surface area (Å²) in [4.78, 5) is 76.4. The van der Waals surface area contributed by atoms with Crippen LogP contribution in [0.5, 0.6) is 17.2 Å². The van der Waals surface area contributed by atoms with Gasteiger partial charge in [-0.15, -0.1) is 0 Å². The molecule has 0 aliphatic rings. The van der Waals surface area contributed by atoms with E-state index in [0.717, 1.165) is 96.3 Å². The second-order valence-corrected chi connectivity index (χ2v) is 17.3. The molecule has 380 valence electrons. The Labute approximate surface area is 407 Å². The van der Waals surface area contributed by atoms with Crippen LogP contribution in [-0.4, -0.2) is 88.8 Å². The van der Waals surface area contributed by atoms with E-state index >= 15 is 0 Å². The lowest BCUT2D eigenvalue weighted by molar-refractivity contribution is -0.176. The van der Waals surface area contributed by atoms with Crippen LogP contribution in [0.25, 0.3) is 0 Å². The lowest BCUT2D eigenvalue weighted by Gasteiger charge is -2.25. The minimum absolute atomic E-state index is 0.0354. The number of carboxylic acids is 3. The van der Waals surface area contributed by atoms with Gasteiger partial charge in [0.05, 0.1) is 16.7 Å². The third kappa shape index (κ3) is 23.2. The molecule has 15 nitrogen and oxygen atoms in total. The molecule has 3 N–H and O–H groups in total. The number of unbranched alkanes of at least 4 members (excludes halogenated alkanes) is 15. The molecule has 3 aromatic carbocycles. The van der Waals surface area contributed by atoms with Crippen LogP contribution in [0.4, 0.5) is 0 Å². The van der Waals surface area contributed by atoms with E-state index in [4.69, 9.17) is 28.4 Å². The number of carbonyl (C=O) groups excluding carboxylic acids is 3. The van der Waals surface area contributed by atoms with Crippen molar-refractivity contribution in [3.05, 3.63) is 89.5 Å². The normalized spacial score (nSPS) is 12.7. The Morgan fingerprint density at radius 2 is 0.638 bits per heavy atom. The molecule has 3 rings (SSSR count). The molecule has 0 fully saturated rings. The van der Waals surface area contributed by atoms with Gasteiger partial charge in [-0.1, -0.05) is 117 Å². The van der Waals surface area contributed by atoms with Crippen molar-refractivity contribution in [3.8, 4) is 17.2 Å². The summed E-state index contributed by atoms with van der Waals surface area (Å²) < 4.78 is 35.8. The third-order valence-electron chi connectivity index (χ3n) is 11.5. The summed E-state index contributed by atoms with van der Waals surface area (Å²) in [7, 11) is 0. The van der Waals surface area contributed by atoms with Crippen LogP contribution in [-0.2, 0) is 28.6 Å². The zero-order chi connectivity index (χ0) is 50.2. The largest absolute Gasteiger partial charge is 0.479 e. The Hall–Kier alpha value is -6.12. The first-order valence-corrected chi connectivity index (χ1v) is 24.9. The highest BCUT2D eigenvalue weighted by atomic mass is 16.6. The molecule has 0 heterocycles. The van der Waals surface area contributed by atoms with Gasteiger partial charge in [-0.05, 0) is 111 Å². The second kappa shape index (κ2) is 33.4. The van der Waals surface area contributed by atoms with Crippen LogP contribution >= 0.6 is 0 Å². The number of rotatable bonds is 38. The van der Waals surface area contributed by atoms with Crippen molar-refractivity contribution in [2.24, 2.45) is 0 Å². The minimum atomic E-state index is -1.33. The minimum Gasteiger partial charge on any atom is -0.479 e. The molecule has 0 amide bonds. The SMILES string of the molecule is CCCCCCCCC(Oc1ccc(C(=O)O)cc1)C(=O)OCC(COC(=O)C(CCCCCCCC)Oc1ccc(C(=O)O)cc1)OC(=O)C(CCCCCCCC)Oc1ccc(C(=O)O)cc1. The van der Waals surface area contributed by atoms with Gasteiger partial charge in [0.25, 0.3) is 0 Å². The van der Waals surface area contributed by atoms with Crippen LogP contribution in [0, 0.1) is 0 Å². The van der Waals surface area contributed by atoms with E-state index in [9.17, 15) is 44.1 Å². The van der Waals surface area contributed by atoms with Gasteiger partial charge in [-0.25, -0.2) is 28.8 Å². The van der Waals surface area contributed by atoms with E-state index in [-0.39, 0.29) is 53.2 Å². The van der Waals surface area contributed by atoms with Crippen molar-refractivity contribution >= 4 is 35.8 Å². The zero-order valence-electron chi connectivity index (χ0n) is 40.7. The molecular weight excluding hydrogens is 889 g/mol. The topological polar surface area (TPSA) is 218 Å². The van der Waals surface area contributed by atoms with Crippen molar-refractivity contribution in [3.63, 3.8) is 0 Å². The molecule has 0 aromatic heterocycles. The fourth-order valence-electron chi connectivity index (χ4n) is 7.42. The van der Waals surface area contributed by atoms with Crippen LogP contribution in [0.15, 0.2) is 72.8 Å². The number of esters is 3. The first kappa shape index (κ1) is 57.2. The summed E-state index contributed by atoms with van der Waals surface area (Å²) in [6.45, 7) is 5.29. The number of ether oxygens (including phenoxy) is 6. The number of hydrogen-bond donors (Lipinski definition) is 3. The molecule has 0 aliphatic heterocycles. The standard InChI is InChI=1S/C54H74O15/c1-4-7-10-13-16-19-22-46(66-42-31-25-39(26-32-42)49(55)56)52(61)64-37-45(69-54(63)48(24-21-18-15-12-9-6-3)68-44-35-29-41(30-36-44)51(59)60)38-65-53(62)47(23-20-17-14-11-8-5-2)67-43-33-27-40(28-34-43)50(57)58/h25-36,45-48H,4-24,37-38H2,1-3H3,(H,55,56)(H,57,58)(H,59,60). The predicted octanol–water partition coefficient (Wildman–Crippen LogP) is 11.7. The maximum atomic E-state index is 14.1. The van der Waals surface area contributed by atoms with E-state index in [1.54, 1.807) is 0 Å². The number of benzene rings is 3. The Bertz CT molecular complexity index is 1870. The molecule has 0 radical (unpaired) electrons. The molecule has 69 heavy (non-hydrogen) atoms. The molecule has 0 saturated carbocycles. The van der Waals surface area contributed by atoms with Gasteiger partial charge in [-0.3, -0.25) is 0 Å². The number of hydrogen-bond acceptors (Lipinski definition) is 12. The van der Waals surface area contributed by atoms with Crippen molar-refractivity contribution in [1.29, 1.82) is 0 Å². The second-order valence-electron chi connectivity index (χ2n) is 17.3. The van der Waals surface area contributed by atoms with Crippen molar-refractivity contribution in [2.45, 2.75) is 180 Å². The average Bonchev–Trinajstić information content (AvgIpc) is 3.34. The van der Waals surface area contributed by atoms with Crippen LogP contribution in [0.1, 0.15) is 187 Å². The van der Waals surface area contributed by atoms with Gasteiger partial charge < -0.3 is 43.7 Å².